The van der Waals surface area contributed by atoms with Gasteiger partial charge in [-0.1, -0.05) is 17.3 Å². The molecular weight excluding hydrogens is 178 g/mol. The van der Waals surface area contributed by atoms with Crippen LogP contribution in [0.25, 0.3) is 0 Å². The van der Waals surface area contributed by atoms with Crippen LogP contribution >= 0.6 is 0 Å². The Bertz CT molecular complexity index is 372. The lowest BCUT2D eigenvalue weighted by atomic mass is 9.89. The summed E-state index contributed by atoms with van der Waals surface area (Å²) >= 11 is 0. The number of nitrogens with zero attached hydrogens (tertiary/aromatic N) is 1. The summed E-state index contributed by atoms with van der Waals surface area (Å²) in [5.41, 5.74) is 2.87. The van der Waals surface area contributed by atoms with Gasteiger partial charge in [-0.15, -0.1) is 0 Å². The number of aryl methyl sites for hydroxylation is 1. The largest absolute Gasteiger partial charge is 0.507 e. The molecule has 74 valence electrons. The van der Waals surface area contributed by atoms with Crippen LogP contribution in [-0.2, 0) is 11.3 Å². The second-order valence-electron chi connectivity index (χ2n) is 3.39. The van der Waals surface area contributed by atoms with Crippen LogP contribution in [-0.4, -0.2) is 17.9 Å². The maximum Gasteiger partial charge on any atom is 0.125 e. The quantitative estimate of drug-likeness (QED) is 0.690. The molecule has 1 aromatic rings. The molecule has 14 heavy (non-hydrogen) atoms. The number of hydrogen-bond donors (Lipinski definition) is 1. The highest BCUT2D eigenvalue weighted by molar-refractivity contribution is 6.04. The van der Waals surface area contributed by atoms with E-state index in [4.69, 9.17) is 4.84 Å². The van der Waals surface area contributed by atoms with Crippen LogP contribution in [0, 0.1) is 0 Å². The summed E-state index contributed by atoms with van der Waals surface area (Å²) in [6.45, 7) is 0. The standard InChI is InChI=1S/C11H13NO2/c1-14-12-9-6-2-4-8-5-3-7-10(13)11(8)9/h3,5,7,13H,2,4,6H2,1H3/b12-9+. The molecule has 3 heteroatoms. The van der Waals surface area contributed by atoms with Crippen molar-refractivity contribution < 1.29 is 9.94 Å². The zero-order valence-electron chi connectivity index (χ0n) is 8.16. The highest BCUT2D eigenvalue weighted by Crippen LogP contribution is 2.28. The van der Waals surface area contributed by atoms with Gasteiger partial charge in [-0.25, -0.2) is 0 Å². The molecule has 0 aliphatic heterocycles. The Balaban J connectivity index is 2.52. The van der Waals surface area contributed by atoms with E-state index in [-0.39, 0.29) is 0 Å². The molecule has 0 aromatic heterocycles. The number of hydrogen-bond acceptors (Lipinski definition) is 3. The normalized spacial score (nSPS) is 17.9. The Labute approximate surface area is 83.0 Å². The van der Waals surface area contributed by atoms with Crippen molar-refractivity contribution in [2.45, 2.75) is 19.3 Å². The van der Waals surface area contributed by atoms with E-state index >= 15 is 0 Å². The Morgan fingerprint density at radius 2 is 2.21 bits per heavy atom. The predicted octanol–water partition coefficient (Wildman–Crippen LogP) is 2.08. The molecule has 0 radical (unpaired) electrons. The zero-order valence-corrected chi connectivity index (χ0v) is 8.16. The third kappa shape index (κ3) is 1.45. The Kier molecular flexibility index (Phi) is 2.39. The van der Waals surface area contributed by atoms with Gasteiger partial charge in [-0.3, -0.25) is 0 Å². The maximum absolute atomic E-state index is 9.72. The molecule has 0 atom stereocenters. The first-order chi connectivity index (χ1) is 6.83. The Morgan fingerprint density at radius 1 is 1.36 bits per heavy atom. The number of phenolic OH excluding ortho intramolecular Hbond substituents is 1. The monoisotopic (exact) mass is 191 g/mol. The van der Waals surface area contributed by atoms with E-state index in [2.05, 4.69) is 5.16 Å². The molecule has 0 bridgehead atoms. The van der Waals surface area contributed by atoms with Crippen LogP contribution in [0.5, 0.6) is 5.75 Å². The van der Waals surface area contributed by atoms with Crippen LogP contribution in [0.15, 0.2) is 23.4 Å². The highest BCUT2D eigenvalue weighted by atomic mass is 16.6. The maximum atomic E-state index is 9.72. The van der Waals surface area contributed by atoms with Gasteiger partial charge in [0.15, 0.2) is 0 Å². The van der Waals surface area contributed by atoms with Crippen molar-refractivity contribution in [3.63, 3.8) is 0 Å². The topological polar surface area (TPSA) is 41.8 Å². The van der Waals surface area contributed by atoms with Crippen LogP contribution < -0.4 is 0 Å². The summed E-state index contributed by atoms with van der Waals surface area (Å²) in [6.07, 6.45) is 2.95. The summed E-state index contributed by atoms with van der Waals surface area (Å²) in [5, 5.41) is 13.7. The summed E-state index contributed by atoms with van der Waals surface area (Å²) in [5.74, 6) is 0.304. The van der Waals surface area contributed by atoms with Crippen molar-refractivity contribution in [2.75, 3.05) is 7.11 Å². The van der Waals surface area contributed by atoms with Crippen LogP contribution in [0.2, 0.25) is 0 Å². The minimum atomic E-state index is 0.304. The fourth-order valence-electron chi connectivity index (χ4n) is 1.90. The molecular formula is C11H13NO2. The fraction of sp³-hybridized carbons (Fsp3) is 0.364. The Morgan fingerprint density at radius 3 is 3.00 bits per heavy atom. The molecule has 1 aromatic carbocycles. The first kappa shape index (κ1) is 9.06. The second-order valence-corrected chi connectivity index (χ2v) is 3.39. The van der Waals surface area contributed by atoms with E-state index in [1.165, 1.54) is 7.11 Å². The lowest BCUT2D eigenvalue weighted by Gasteiger charge is -2.17. The average molecular weight is 191 g/mol. The van der Waals surface area contributed by atoms with Crippen LogP contribution in [0.4, 0.5) is 0 Å². The minimum Gasteiger partial charge on any atom is -0.507 e. The Hall–Kier alpha value is -1.51. The molecule has 3 nitrogen and oxygen atoms in total. The molecule has 0 amide bonds. The first-order valence-corrected chi connectivity index (χ1v) is 4.74. The van der Waals surface area contributed by atoms with Crippen molar-refractivity contribution >= 4 is 5.71 Å². The van der Waals surface area contributed by atoms with Crippen molar-refractivity contribution in [3.05, 3.63) is 29.3 Å². The summed E-state index contributed by atoms with van der Waals surface area (Å²) in [4.78, 5) is 4.77. The van der Waals surface area contributed by atoms with E-state index in [9.17, 15) is 5.11 Å². The first-order valence-electron chi connectivity index (χ1n) is 4.74. The highest BCUT2D eigenvalue weighted by Gasteiger charge is 2.19. The number of fused-ring (bicyclic) bond motifs is 1. The number of aromatic hydroxyl groups is 1. The molecule has 1 aliphatic carbocycles. The van der Waals surface area contributed by atoms with Gasteiger partial charge in [0.05, 0.1) is 5.71 Å². The van der Waals surface area contributed by atoms with Gasteiger partial charge in [0, 0.05) is 5.56 Å². The van der Waals surface area contributed by atoms with Gasteiger partial charge in [0.1, 0.15) is 12.9 Å². The van der Waals surface area contributed by atoms with Crippen LogP contribution in [0.3, 0.4) is 0 Å². The van der Waals surface area contributed by atoms with E-state index in [0.717, 1.165) is 36.1 Å². The van der Waals surface area contributed by atoms with Crippen molar-refractivity contribution in [1.82, 2.24) is 0 Å². The minimum absolute atomic E-state index is 0.304. The van der Waals surface area contributed by atoms with E-state index in [0.29, 0.717) is 5.75 Å². The van der Waals surface area contributed by atoms with Gasteiger partial charge in [0.25, 0.3) is 0 Å². The molecule has 1 aliphatic rings. The number of phenols is 1. The van der Waals surface area contributed by atoms with Gasteiger partial charge in [-0.05, 0) is 30.9 Å². The molecule has 0 heterocycles. The molecule has 1 N–H and O–H groups in total. The lowest BCUT2D eigenvalue weighted by Crippen LogP contribution is -2.12. The van der Waals surface area contributed by atoms with Gasteiger partial charge >= 0.3 is 0 Å². The summed E-state index contributed by atoms with van der Waals surface area (Å²) in [7, 11) is 1.53. The molecule has 0 saturated heterocycles. The van der Waals surface area contributed by atoms with E-state index in [1.807, 2.05) is 12.1 Å². The fourth-order valence-corrected chi connectivity index (χ4v) is 1.90. The summed E-state index contributed by atoms with van der Waals surface area (Å²) in [6, 6.07) is 5.58. The van der Waals surface area contributed by atoms with Gasteiger partial charge in [-0.2, -0.15) is 0 Å². The number of benzene rings is 1. The lowest BCUT2D eigenvalue weighted by molar-refractivity contribution is 0.212. The summed E-state index contributed by atoms with van der Waals surface area (Å²) < 4.78 is 0. The smallest absolute Gasteiger partial charge is 0.125 e. The molecule has 2 rings (SSSR count). The van der Waals surface area contributed by atoms with Gasteiger partial charge < -0.3 is 9.94 Å². The predicted molar refractivity (Wildman–Crippen MR) is 54.6 cm³/mol. The second kappa shape index (κ2) is 3.70. The molecule has 0 spiro atoms. The third-order valence-electron chi connectivity index (χ3n) is 2.48. The average Bonchev–Trinajstić information content (AvgIpc) is 2.19. The molecule has 0 saturated carbocycles. The number of rotatable bonds is 1. The van der Waals surface area contributed by atoms with Crippen molar-refractivity contribution in [3.8, 4) is 5.75 Å². The molecule has 0 unspecified atom stereocenters. The number of oxime groups is 1. The third-order valence-corrected chi connectivity index (χ3v) is 2.48. The van der Waals surface area contributed by atoms with Crippen LogP contribution in [0.1, 0.15) is 24.0 Å². The van der Waals surface area contributed by atoms with E-state index in [1.54, 1.807) is 6.07 Å². The van der Waals surface area contributed by atoms with Gasteiger partial charge in [0.2, 0.25) is 0 Å². The van der Waals surface area contributed by atoms with Crippen molar-refractivity contribution in [2.24, 2.45) is 5.16 Å². The zero-order chi connectivity index (χ0) is 9.97. The van der Waals surface area contributed by atoms with E-state index < -0.39 is 0 Å². The molecule has 0 fully saturated rings. The van der Waals surface area contributed by atoms with Crippen molar-refractivity contribution in [1.29, 1.82) is 0 Å². The SMILES string of the molecule is CO/N=C1\CCCc2cccc(O)c21.